The van der Waals surface area contributed by atoms with E-state index in [1.54, 1.807) is 4.90 Å². The zero-order valence-corrected chi connectivity index (χ0v) is 14.3. The average molecular weight is 342 g/mol. The van der Waals surface area contributed by atoms with E-state index in [1.807, 2.05) is 31.2 Å². The monoisotopic (exact) mass is 342 g/mol. The second kappa shape index (κ2) is 6.17. The van der Waals surface area contributed by atoms with Crippen molar-refractivity contribution in [2.45, 2.75) is 32.2 Å². The molecule has 1 saturated carbocycles. The lowest BCUT2D eigenvalue weighted by Gasteiger charge is -2.43. The molecule has 25 heavy (non-hydrogen) atoms. The quantitative estimate of drug-likeness (QED) is 0.730. The normalized spacial score (nSPS) is 25.0. The smallest absolute Gasteiger partial charge is 0.233 e. The maximum atomic E-state index is 12.4. The van der Waals surface area contributed by atoms with Crippen LogP contribution < -0.4 is 4.74 Å². The number of imide groups is 1. The van der Waals surface area contributed by atoms with Crippen molar-refractivity contribution in [2.75, 3.05) is 19.7 Å². The first kappa shape index (κ1) is 16.1. The van der Waals surface area contributed by atoms with Gasteiger partial charge in [-0.25, -0.2) is 0 Å². The van der Waals surface area contributed by atoms with Crippen LogP contribution in [0.4, 0.5) is 0 Å². The van der Waals surface area contributed by atoms with Crippen LogP contribution in [-0.4, -0.2) is 53.3 Å². The maximum Gasteiger partial charge on any atom is 0.233 e. The molecule has 3 amide bonds. The van der Waals surface area contributed by atoms with E-state index < -0.39 is 0 Å². The molecule has 2 heterocycles. The van der Waals surface area contributed by atoms with Crippen molar-refractivity contribution in [3.63, 3.8) is 0 Å². The van der Waals surface area contributed by atoms with Gasteiger partial charge >= 0.3 is 0 Å². The molecule has 6 nitrogen and oxygen atoms in total. The van der Waals surface area contributed by atoms with Gasteiger partial charge in [-0.3, -0.25) is 19.3 Å². The molecule has 0 N–H and O–H groups in total. The number of hydrogen-bond acceptors (Lipinski definition) is 4. The summed E-state index contributed by atoms with van der Waals surface area (Å²) in [6.45, 7) is 3.48. The number of amides is 3. The molecule has 2 unspecified atom stereocenters. The molecular formula is C19H22N2O4. The topological polar surface area (TPSA) is 66.9 Å². The Labute approximate surface area is 146 Å². The third-order valence-corrected chi connectivity index (χ3v) is 5.36. The number of carbonyl (C=O) groups is 3. The Hall–Kier alpha value is -2.37. The lowest BCUT2D eigenvalue weighted by Crippen LogP contribution is -2.62. The summed E-state index contributed by atoms with van der Waals surface area (Å²) in [6.07, 6.45) is 1.76. The first-order chi connectivity index (χ1) is 12.1. The highest BCUT2D eigenvalue weighted by Crippen LogP contribution is 2.48. The third-order valence-electron chi connectivity index (χ3n) is 5.36. The highest BCUT2D eigenvalue weighted by Gasteiger charge is 2.61. The number of fused-ring (bicyclic) bond motifs is 1. The van der Waals surface area contributed by atoms with E-state index in [0.29, 0.717) is 32.5 Å². The van der Waals surface area contributed by atoms with Crippen LogP contribution in [0, 0.1) is 11.8 Å². The van der Waals surface area contributed by atoms with Gasteiger partial charge in [-0.1, -0.05) is 18.2 Å². The van der Waals surface area contributed by atoms with Crippen LogP contribution in [0.1, 0.15) is 25.3 Å². The Bertz CT molecular complexity index is 706. The van der Waals surface area contributed by atoms with Crippen molar-refractivity contribution < 1.29 is 19.1 Å². The molecule has 1 aromatic rings. The second-order valence-electron chi connectivity index (χ2n) is 6.99. The lowest BCUT2D eigenvalue weighted by molar-refractivity contribution is -0.153. The number of rotatable bonds is 6. The van der Waals surface area contributed by atoms with Gasteiger partial charge in [0.1, 0.15) is 5.75 Å². The molecule has 0 aromatic heterocycles. The van der Waals surface area contributed by atoms with Gasteiger partial charge in [0.25, 0.3) is 0 Å². The molecule has 2 atom stereocenters. The van der Waals surface area contributed by atoms with Gasteiger partial charge in [-0.2, -0.15) is 0 Å². The number of hydrogen-bond donors (Lipinski definition) is 0. The van der Waals surface area contributed by atoms with Gasteiger partial charge in [0.2, 0.25) is 17.7 Å². The van der Waals surface area contributed by atoms with Crippen molar-refractivity contribution in [2.24, 2.45) is 11.8 Å². The minimum atomic E-state index is -0.118. The Balaban J connectivity index is 1.28. The lowest BCUT2D eigenvalue weighted by atomic mass is 10.0. The minimum absolute atomic E-state index is 0.0299. The molecule has 132 valence electrons. The van der Waals surface area contributed by atoms with E-state index in [0.717, 1.165) is 17.7 Å². The van der Waals surface area contributed by atoms with Gasteiger partial charge < -0.3 is 9.64 Å². The van der Waals surface area contributed by atoms with Crippen molar-refractivity contribution in [3.8, 4) is 5.75 Å². The van der Waals surface area contributed by atoms with Gasteiger partial charge in [-0.15, -0.1) is 0 Å². The van der Waals surface area contributed by atoms with E-state index in [4.69, 9.17) is 4.74 Å². The SMILES string of the molecule is CCOc1ccccc1CCC(=O)N1CC(N2C(=O)C3CC3C2=O)C1. The molecule has 0 bridgehead atoms. The number of piperidine rings is 1. The fourth-order valence-electron chi connectivity index (χ4n) is 3.80. The Morgan fingerprint density at radius 1 is 1.16 bits per heavy atom. The largest absolute Gasteiger partial charge is 0.494 e. The van der Waals surface area contributed by atoms with E-state index in [1.165, 1.54) is 4.90 Å². The van der Waals surface area contributed by atoms with Crippen LogP contribution in [0.2, 0.25) is 0 Å². The number of para-hydroxylation sites is 1. The highest BCUT2D eigenvalue weighted by molar-refractivity contribution is 6.09. The zero-order chi connectivity index (χ0) is 17.6. The predicted octanol–water partition coefficient (Wildman–Crippen LogP) is 1.23. The van der Waals surface area contributed by atoms with Crippen LogP contribution in [0.5, 0.6) is 5.75 Å². The van der Waals surface area contributed by atoms with Crippen LogP contribution in [0.25, 0.3) is 0 Å². The minimum Gasteiger partial charge on any atom is -0.494 e. The summed E-state index contributed by atoms with van der Waals surface area (Å²) in [4.78, 5) is 39.6. The van der Waals surface area contributed by atoms with Gasteiger partial charge in [-0.05, 0) is 31.4 Å². The molecule has 1 aromatic carbocycles. The molecule has 0 spiro atoms. The van der Waals surface area contributed by atoms with E-state index in [9.17, 15) is 14.4 Å². The standard InChI is InChI=1S/C19H22N2O4/c1-2-25-16-6-4-3-5-12(16)7-8-17(22)20-10-13(11-20)21-18(23)14-9-15(14)19(21)24/h3-6,13-15H,2,7-11H2,1H3. The van der Waals surface area contributed by atoms with Gasteiger partial charge in [0.05, 0.1) is 24.5 Å². The molecule has 2 aliphatic heterocycles. The number of likely N-dealkylation sites (tertiary alicyclic amines) is 2. The molecule has 0 radical (unpaired) electrons. The van der Waals surface area contributed by atoms with E-state index in [2.05, 4.69) is 0 Å². The van der Waals surface area contributed by atoms with Crippen molar-refractivity contribution in [1.29, 1.82) is 0 Å². The van der Waals surface area contributed by atoms with Crippen LogP contribution in [-0.2, 0) is 20.8 Å². The summed E-state index contributed by atoms with van der Waals surface area (Å²) in [5.74, 6) is 0.702. The van der Waals surface area contributed by atoms with E-state index in [-0.39, 0.29) is 35.6 Å². The Morgan fingerprint density at radius 2 is 1.84 bits per heavy atom. The second-order valence-corrected chi connectivity index (χ2v) is 6.99. The molecule has 1 aliphatic carbocycles. The molecular weight excluding hydrogens is 320 g/mol. The summed E-state index contributed by atoms with van der Waals surface area (Å²) in [5.41, 5.74) is 1.03. The number of ether oxygens (including phenoxy) is 1. The van der Waals surface area contributed by atoms with Crippen LogP contribution >= 0.6 is 0 Å². The molecule has 2 saturated heterocycles. The van der Waals surface area contributed by atoms with Crippen LogP contribution in [0.15, 0.2) is 24.3 Å². The van der Waals surface area contributed by atoms with Crippen molar-refractivity contribution >= 4 is 17.7 Å². The summed E-state index contributed by atoms with van der Waals surface area (Å²) >= 11 is 0. The number of carbonyl (C=O) groups excluding carboxylic acids is 3. The summed E-state index contributed by atoms with van der Waals surface area (Å²) in [7, 11) is 0. The van der Waals surface area contributed by atoms with Crippen molar-refractivity contribution in [1.82, 2.24) is 9.80 Å². The molecule has 4 rings (SSSR count). The summed E-state index contributed by atoms with van der Waals surface area (Å²) in [6, 6.07) is 7.64. The first-order valence-corrected chi connectivity index (χ1v) is 8.95. The van der Waals surface area contributed by atoms with Crippen LogP contribution in [0.3, 0.4) is 0 Å². The zero-order valence-electron chi connectivity index (χ0n) is 14.3. The average Bonchev–Trinajstić information content (AvgIpc) is 3.32. The van der Waals surface area contributed by atoms with Gasteiger partial charge in [0.15, 0.2) is 0 Å². The Morgan fingerprint density at radius 3 is 2.52 bits per heavy atom. The molecule has 3 aliphatic rings. The molecule has 3 fully saturated rings. The number of aryl methyl sites for hydroxylation is 1. The van der Waals surface area contributed by atoms with E-state index >= 15 is 0 Å². The Kier molecular flexibility index (Phi) is 3.98. The summed E-state index contributed by atoms with van der Waals surface area (Å²) < 4.78 is 5.59. The number of nitrogens with zero attached hydrogens (tertiary/aromatic N) is 2. The fraction of sp³-hybridized carbons (Fsp3) is 0.526. The third kappa shape index (κ3) is 2.79. The number of benzene rings is 1. The van der Waals surface area contributed by atoms with Crippen molar-refractivity contribution in [3.05, 3.63) is 29.8 Å². The summed E-state index contributed by atoms with van der Waals surface area (Å²) in [5, 5.41) is 0. The maximum absolute atomic E-state index is 12.4. The van der Waals surface area contributed by atoms with Gasteiger partial charge in [0, 0.05) is 19.5 Å². The fourth-order valence-corrected chi connectivity index (χ4v) is 3.80. The molecule has 6 heteroatoms. The first-order valence-electron chi connectivity index (χ1n) is 8.95. The highest BCUT2D eigenvalue weighted by atomic mass is 16.5. The predicted molar refractivity (Wildman–Crippen MR) is 89.8 cm³/mol.